The first-order valence-corrected chi connectivity index (χ1v) is 41.9. The van der Waals surface area contributed by atoms with Crippen molar-refractivity contribution in [3.8, 4) is 29.6 Å². The van der Waals surface area contributed by atoms with E-state index in [1.807, 2.05) is 77.9 Å². The SMILES string of the molecule is CC(F)(F)COc1ncccc1CNc1ncc(C#N)c(N[C@@H]2CC[C@H](O)C(C)(C)C2)n1.CC(F)(F)c1cc[n+]([O-])cc1CCc1ncc(C(F)(F)F)c(N[C@@H]2CC[C@H](O)C(C)(C)C2)n1.CC(F)(F)c1cc[n+]([O-])cc1CCc1ncc(C(F)(F)F)c(N[C@@H]2C[C@H](O)C2(C)C)n1.Cc1cccc(Oc2ncccc2CNc2ncc(C#N)c(NC3CCC(C)(O)CC3)n2)c1. The van der Waals surface area contributed by atoms with E-state index in [-0.39, 0.29) is 120 Å². The first kappa shape index (κ1) is 99.3. The highest BCUT2D eigenvalue weighted by Crippen LogP contribution is 2.46. The molecule has 4 aliphatic rings. The van der Waals surface area contributed by atoms with Crippen LogP contribution in [0.3, 0.4) is 0 Å². The van der Waals surface area contributed by atoms with Crippen LogP contribution in [0.25, 0.3) is 0 Å². The number of benzene rings is 1. The Balaban J connectivity index is 0.000000179. The van der Waals surface area contributed by atoms with Crippen LogP contribution in [-0.4, -0.2) is 131 Å². The zero-order chi connectivity index (χ0) is 94.4. The van der Waals surface area contributed by atoms with Crippen molar-refractivity contribution in [1.82, 2.24) is 49.8 Å². The normalized spacial score (nSPS) is 20.6. The molecule has 40 heteroatoms. The van der Waals surface area contributed by atoms with Crippen molar-refractivity contribution >= 4 is 35.2 Å². The van der Waals surface area contributed by atoms with Gasteiger partial charge in [-0.2, -0.15) is 56.3 Å². The molecule has 0 bridgehead atoms. The number of anilines is 6. The standard InChI is InChI=1S/C25H28N6O2.C22H27F5N4O2.C22H28F2N6O2.C20H23F5N4O2/c1-17-5-3-7-21(13-17)33-23-18(6-4-12-27-23)15-28-24-29-16-19(14-26)22(31-24)30-20-8-10-25(2,32)11-9-20;1-20(2)10-14(5-6-17(20)32)29-19-16(22(25,26)27)11-28-18(30-19)7-4-13-12-31(33)9-8-15(13)21(3,23)24;1-21(2)9-16(6-7-17(21)31)29-18-15(10-25)12-28-20(30-18)27-11-14-5-4-8-26-19(14)32-13-22(3,23)24;1-18(2)14(8-15(18)30)27-17-13(20(23,24)25)9-26-16(28-17)5-4-11-10-29(31)7-6-12(11)19(3,21)22/h3-7,12-13,16,20,32H,8-11,15H2,1-2H3,(H2,28,29,30,31);8-9,11-12,14,17,32H,4-7,10H2,1-3H3,(H,28,29,30);4-5,8,12,16-17,31H,6-7,9,11,13H2,1-3H3,(H2,27,28,29,30);6-7,9-10,14-15,30H,4-5,8H2,1-3H3,(H,26,27,28)/t;14-,17+;16-,17+;14-,15+/m.111/s1. The molecule has 9 aromatic rings. The summed E-state index contributed by atoms with van der Waals surface area (Å²) in [7, 11) is 0. The molecule has 1 aromatic carbocycles. The van der Waals surface area contributed by atoms with E-state index in [4.69, 9.17) is 9.47 Å². The fourth-order valence-corrected chi connectivity index (χ4v) is 15.3. The Morgan fingerprint density at radius 3 is 1.38 bits per heavy atom. The maximum atomic E-state index is 13.9. The van der Waals surface area contributed by atoms with Crippen LogP contribution in [0.2, 0.25) is 0 Å². The summed E-state index contributed by atoms with van der Waals surface area (Å²) in [6, 6.07) is 20.7. The van der Waals surface area contributed by atoms with E-state index in [1.54, 1.807) is 32.2 Å². The van der Waals surface area contributed by atoms with Crippen LogP contribution >= 0.6 is 0 Å². The maximum Gasteiger partial charge on any atom is 0.421 e. The number of ether oxygens (including phenoxy) is 2. The van der Waals surface area contributed by atoms with Crippen molar-refractivity contribution in [2.45, 2.75) is 264 Å². The van der Waals surface area contributed by atoms with Gasteiger partial charge in [0, 0.05) is 147 Å². The number of aliphatic hydroxyl groups is 4. The lowest BCUT2D eigenvalue weighted by molar-refractivity contribution is -0.606. The van der Waals surface area contributed by atoms with Gasteiger partial charge in [0.25, 0.3) is 17.8 Å². The summed E-state index contributed by atoms with van der Waals surface area (Å²) >= 11 is 0. The number of aliphatic hydroxyl groups excluding tert-OH is 3. The van der Waals surface area contributed by atoms with Gasteiger partial charge in [0.15, 0.2) is 31.4 Å². The molecule has 4 aliphatic carbocycles. The smallest absolute Gasteiger partial charge is 0.421 e. The first-order chi connectivity index (χ1) is 60.3. The largest absolute Gasteiger partial charge is 0.619 e. The average molecular weight is 1810 g/mol. The second kappa shape index (κ2) is 41.3. The van der Waals surface area contributed by atoms with E-state index in [9.17, 15) is 94.0 Å². The minimum atomic E-state index is -4.70. The molecule has 0 saturated heterocycles. The van der Waals surface area contributed by atoms with Crippen molar-refractivity contribution in [3.63, 3.8) is 0 Å². The molecule has 8 aromatic heterocycles. The summed E-state index contributed by atoms with van der Waals surface area (Å²) < 4.78 is 174. The Hall–Kier alpha value is -11.9. The zero-order valence-electron chi connectivity index (χ0n) is 73.0. The van der Waals surface area contributed by atoms with Gasteiger partial charge in [-0.05, 0) is 138 Å². The molecule has 4 fully saturated rings. The number of alkyl halides is 12. The van der Waals surface area contributed by atoms with E-state index >= 15 is 0 Å². The monoisotopic (exact) mass is 1810 g/mol. The zero-order valence-corrected chi connectivity index (χ0v) is 73.0. The summed E-state index contributed by atoms with van der Waals surface area (Å²) in [6.07, 6.45) is 7.18. The third kappa shape index (κ3) is 28.1. The van der Waals surface area contributed by atoms with Crippen LogP contribution in [0.4, 0.5) is 87.9 Å². The summed E-state index contributed by atoms with van der Waals surface area (Å²) in [5.74, 6) is -7.15. The summed E-state index contributed by atoms with van der Waals surface area (Å²) in [6.45, 7) is 17.1. The van der Waals surface area contributed by atoms with Crippen molar-refractivity contribution < 1.29 is 92.0 Å². The lowest BCUT2D eigenvalue weighted by Crippen LogP contribution is -2.57. The minimum Gasteiger partial charge on any atom is -0.619 e. The summed E-state index contributed by atoms with van der Waals surface area (Å²) in [4.78, 5) is 41.4. The van der Waals surface area contributed by atoms with Crippen LogP contribution in [0.1, 0.15) is 213 Å². The Morgan fingerprint density at radius 1 is 0.504 bits per heavy atom. The van der Waals surface area contributed by atoms with E-state index < -0.39 is 88.4 Å². The molecule has 0 unspecified atom stereocenters. The first-order valence-electron chi connectivity index (χ1n) is 41.9. The Kier molecular flexibility index (Phi) is 31.8. The van der Waals surface area contributed by atoms with Crippen LogP contribution < -0.4 is 50.8 Å². The number of aromatic nitrogens is 12. The predicted octanol–water partition coefficient (Wildman–Crippen LogP) is 16.3. The Bertz CT molecular complexity index is 5380. The van der Waals surface area contributed by atoms with Gasteiger partial charge in [-0.15, -0.1) is 0 Å². The minimum absolute atomic E-state index is 0.0137. The summed E-state index contributed by atoms with van der Waals surface area (Å²) in [5, 5.41) is 101. The number of hydrogen-bond donors (Lipinski definition) is 10. The quantitative estimate of drug-likeness (QED) is 0.0130. The molecule has 694 valence electrons. The molecular weight excluding hydrogens is 1710 g/mol. The molecule has 0 spiro atoms. The fraction of sp³-hybridized carbons (Fsp3) is 0.506. The fourth-order valence-electron chi connectivity index (χ4n) is 15.3. The molecule has 0 amide bonds. The molecular formula is C89H106F12N20O8. The number of rotatable bonds is 27. The highest BCUT2D eigenvalue weighted by Gasteiger charge is 2.49. The number of pyridine rings is 4. The molecule has 13 rings (SSSR count). The van der Waals surface area contributed by atoms with Crippen molar-refractivity contribution in [2.24, 2.45) is 16.2 Å². The van der Waals surface area contributed by atoms with Gasteiger partial charge in [0.1, 0.15) is 75.1 Å². The van der Waals surface area contributed by atoms with Gasteiger partial charge in [-0.3, -0.25) is 0 Å². The summed E-state index contributed by atoms with van der Waals surface area (Å²) in [5.41, 5.74) is -1.32. The lowest BCUT2D eigenvalue weighted by Gasteiger charge is -2.49. The molecule has 0 radical (unpaired) electrons. The average Bonchev–Trinajstić information content (AvgIpc) is 0.761. The van der Waals surface area contributed by atoms with Crippen LogP contribution in [0, 0.1) is 56.2 Å². The van der Waals surface area contributed by atoms with Crippen LogP contribution in [0.15, 0.2) is 123 Å². The molecule has 129 heavy (non-hydrogen) atoms. The second-order valence-corrected chi connectivity index (χ2v) is 35.4. The highest BCUT2D eigenvalue weighted by molar-refractivity contribution is 5.56. The van der Waals surface area contributed by atoms with Gasteiger partial charge in [-0.1, -0.05) is 65.8 Å². The molecule has 28 nitrogen and oxygen atoms in total. The topological polar surface area (TPSA) is 402 Å². The molecule has 10 N–H and O–H groups in total. The van der Waals surface area contributed by atoms with Gasteiger partial charge < -0.3 is 72.2 Å². The molecule has 8 heterocycles. The van der Waals surface area contributed by atoms with Crippen molar-refractivity contribution in [3.05, 3.63) is 206 Å². The van der Waals surface area contributed by atoms with Gasteiger partial charge in [0.05, 0.1) is 36.3 Å². The predicted molar refractivity (Wildman–Crippen MR) is 453 cm³/mol. The number of halogens is 12. The lowest BCUT2D eigenvalue weighted by atomic mass is 9.64. The van der Waals surface area contributed by atoms with Gasteiger partial charge in [0.2, 0.25) is 23.7 Å². The third-order valence-corrected chi connectivity index (χ3v) is 23.1. The van der Waals surface area contributed by atoms with Gasteiger partial charge >= 0.3 is 12.4 Å². The van der Waals surface area contributed by atoms with E-state index in [1.165, 1.54) is 18.6 Å². The molecule has 4 saturated carbocycles. The van der Waals surface area contributed by atoms with E-state index in [0.717, 1.165) is 86.4 Å². The molecule has 6 atom stereocenters. The van der Waals surface area contributed by atoms with Crippen molar-refractivity contribution in [2.75, 3.05) is 38.5 Å². The third-order valence-electron chi connectivity index (χ3n) is 23.1. The van der Waals surface area contributed by atoms with Gasteiger partial charge in [-0.25, -0.2) is 66.2 Å². The number of aryl methyl sites for hydroxylation is 5. The number of nitrogens with one attached hydrogen (secondary N) is 6. The van der Waals surface area contributed by atoms with Crippen molar-refractivity contribution in [1.29, 1.82) is 10.5 Å². The number of nitrogens with zero attached hydrogens (tertiary/aromatic N) is 14. The Morgan fingerprint density at radius 2 is 0.953 bits per heavy atom. The highest BCUT2D eigenvalue weighted by atomic mass is 19.4. The second-order valence-electron chi connectivity index (χ2n) is 35.4. The van der Waals surface area contributed by atoms with Crippen LogP contribution in [0.5, 0.6) is 17.5 Å². The van der Waals surface area contributed by atoms with E-state index in [2.05, 4.69) is 93.9 Å². The molecule has 0 aliphatic heterocycles. The van der Waals surface area contributed by atoms with E-state index in [0.29, 0.717) is 121 Å². The Labute approximate surface area is 738 Å². The van der Waals surface area contributed by atoms with Crippen LogP contribution in [-0.2, 0) is 63.0 Å². The number of nitriles is 2. The number of hydrogen-bond acceptors (Lipinski definition) is 26. The maximum absolute atomic E-state index is 13.9.